The van der Waals surface area contributed by atoms with Crippen LogP contribution < -0.4 is 10.1 Å². The van der Waals surface area contributed by atoms with Crippen LogP contribution in [0.2, 0.25) is 0 Å². The molecule has 0 atom stereocenters. The van der Waals surface area contributed by atoms with E-state index in [9.17, 15) is 18.0 Å². The summed E-state index contributed by atoms with van der Waals surface area (Å²) in [5.74, 6) is 0.568. The molecule has 42 heavy (non-hydrogen) atoms. The molecule has 0 saturated carbocycles. The monoisotopic (exact) mass is 576 g/mol. The van der Waals surface area contributed by atoms with Crippen LogP contribution in [-0.2, 0) is 19.3 Å². The van der Waals surface area contributed by atoms with Crippen LogP contribution in [0.5, 0.6) is 5.75 Å². The molecule has 2 fully saturated rings. The Morgan fingerprint density at radius 2 is 1.43 bits per heavy atom. The molecule has 1 N–H and O–H groups in total. The number of carbonyl (C=O) groups excluding carboxylic acids is 1. The fourth-order valence-electron chi connectivity index (χ4n) is 5.59. The van der Waals surface area contributed by atoms with Crippen LogP contribution in [0.3, 0.4) is 0 Å². The lowest BCUT2D eigenvalue weighted by atomic mass is 10.0. The van der Waals surface area contributed by atoms with E-state index in [1.54, 1.807) is 24.3 Å². The van der Waals surface area contributed by atoms with Gasteiger partial charge in [-0.15, -0.1) is 0 Å². The zero-order valence-corrected chi connectivity index (χ0v) is 23.4. The number of piperidine rings is 2. The molecule has 220 valence electrons. The van der Waals surface area contributed by atoms with Gasteiger partial charge in [-0.05, 0) is 79.3 Å². The maximum atomic E-state index is 13.0. The Morgan fingerprint density at radius 1 is 0.857 bits per heavy atom. The average molecular weight is 577 g/mol. The molecule has 1 amide bonds. The third-order valence-corrected chi connectivity index (χ3v) is 8.03. The number of nitrogens with one attached hydrogen (secondary N) is 1. The van der Waals surface area contributed by atoms with Crippen LogP contribution in [0.1, 0.15) is 58.3 Å². The van der Waals surface area contributed by atoms with Crippen LogP contribution in [0.4, 0.5) is 13.2 Å². The second kappa shape index (κ2) is 13.4. The Balaban J connectivity index is 1.04. The molecule has 3 aromatic carbocycles. The van der Waals surface area contributed by atoms with Crippen molar-refractivity contribution in [3.8, 4) is 11.8 Å². The van der Waals surface area contributed by atoms with Gasteiger partial charge >= 0.3 is 6.18 Å². The first-order valence-electron chi connectivity index (χ1n) is 14.4. The minimum atomic E-state index is -4.32. The maximum Gasteiger partial charge on any atom is 0.416 e. The molecule has 6 nitrogen and oxygen atoms in total. The van der Waals surface area contributed by atoms with Crippen molar-refractivity contribution < 1.29 is 22.7 Å². The first-order valence-corrected chi connectivity index (χ1v) is 14.4. The van der Waals surface area contributed by atoms with Crippen molar-refractivity contribution in [1.29, 1.82) is 5.26 Å². The third-order valence-electron chi connectivity index (χ3n) is 8.03. The largest absolute Gasteiger partial charge is 0.490 e. The zero-order valence-electron chi connectivity index (χ0n) is 23.4. The summed E-state index contributed by atoms with van der Waals surface area (Å²) < 4.78 is 44.7. The van der Waals surface area contributed by atoms with Crippen LogP contribution in [0.25, 0.3) is 0 Å². The first kappa shape index (κ1) is 29.6. The summed E-state index contributed by atoms with van der Waals surface area (Å²) in [5, 5.41) is 12.1. The minimum Gasteiger partial charge on any atom is -0.490 e. The molecule has 3 aromatic rings. The van der Waals surface area contributed by atoms with Gasteiger partial charge in [-0.3, -0.25) is 14.6 Å². The van der Waals surface area contributed by atoms with Crippen molar-refractivity contribution in [1.82, 2.24) is 15.1 Å². The fraction of sp³-hybridized carbons (Fsp3) is 0.394. The number of carbonyl (C=O) groups is 1. The number of alkyl halides is 3. The summed E-state index contributed by atoms with van der Waals surface area (Å²) in [6.07, 6.45) is -0.936. The second-order valence-electron chi connectivity index (χ2n) is 11.1. The predicted molar refractivity (Wildman–Crippen MR) is 154 cm³/mol. The highest BCUT2D eigenvalue weighted by Crippen LogP contribution is 2.29. The number of hydrogen-bond donors (Lipinski definition) is 1. The minimum absolute atomic E-state index is 0.0209. The van der Waals surface area contributed by atoms with Crippen LogP contribution in [-0.4, -0.2) is 54.0 Å². The number of likely N-dealkylation sites (tertiary alicyclic amines) is 2. The van der Waals surface area contributed by atoms with Crippen LogP contribution in [0, 0.1) is 11.3 Å². The molecule has 2 aliphatic rings. The maximum absolute atomic E-state index is 13.0. The number of rotatable bonds is 8. The van der Waals surface area contributed by atoms with Gasteiger partial charge < -0.3 is 10.1 Å². The molecule has 2 aliphatic heterocycles. The lowest BCUT2D eigenvalue weighted by Gasteiger charge is -2.32. The number of ether oxygens (including phenoxy) is 1. The van der Waals surface area contributed by atoms with Crippen molar-refractivity contribution >= 4 is 5.91 Å². The van der Waals surface area contributed by atoms with Crippen LogP contribution >= 0.6 is 0 Å². The molecule has 5 rings (SSSR count). The van der Waals surface area contributed by atoms with Gasteiger partial charge in [-0.2, -0.15) is 18.4 Å². The van der Waals surface area contributed by atoms with Crippen molar-refractivity contribution in [2.24, 2.45) is 0 Å². The van der Waals surface area contributed by atoms with Crippen molar-refractivity contribution in [3.05, 3.63) is 101 Å². The quantitative estimate of drug-likeness (QED) is 0.356. The van der Waals surface area contributed by atoms with Gasteiger partial charge in [0.25, 0.3) is 5.91 Å². The molecular formula is C33H35F3N4O2. The molecule has 0 aromatic heterocycles. The Bertz CT molecular complexity index is 1370. The highest BCUT2D eigenvalue weighted by atomic mass is 19.4. The van der Waals surface area contributed by atoms with E-state index in [0.29, 0.717) is 23.4 Å². The standard InChI is InChI=1S/C33H35F3N4O2/c34-33(35,36)28-10-8-26(9-11-28)23-40-18-14-30(15-19-40)42-31-3-1-2-27(20-31)32(41)38-29-12-16-39(17-13-29)22-25-6-4-24(21-37)5-7-25/h1-11,20,29-30H,12-19,22-23H2,(H,38,41). The highest BCUT2D eigenvalue weighted by Gasteiger charge is 2.30. The van der Waals surface area contributed by atoms with Crippen molar-refractivity contribution in [2.75, 3.05) is 26.2 Å². The lowest BCUT2D eigenvalue weighted by Crippen LogP contribution is -2.44. The van der Waals surface area contributed by atoms with Gasteiger partial charge in [-0.1, -0.05) is 30.3 Å². The number of nitriles is 1. The number of nitrogens with zero attached hydrogens (tertiary/aromatic N) is 3. The Hall–Kier alpha value is -3.87. The summed E-state index contributed by atoms with van der Waals surface area (Å²) >= 11 is 0. The zero-order chi connectivity index (χ0) is 29.5. The van der Waals surface area contributed by atoms with E-state index >= 15 is 0 Å². The summed E-state index contributed by atoms with van der Waals surface area (Å²) in [7, 11) is 0. The predicted octanol–water partition coefficient (Wildman–Crippen LogP) is 6.01. The lowest BCUT2D eigenvalue weighted by molar-refractivity contribution is -0.137. The van der Waals surface area contributed by atoms with E-state index in [1.165, 1.54) is 5.56 Å². The Labute approximate surface area is 244 Å². The van der Waals surface area contributed by atoms with E-state index in [2.05, 4.69) is 21.2 Å². The number of hydrogen-bond acceptors (Lipinski definition) is 5. The fourth-order valence-corrected chi connectivity index (χ4v) is 5.59. The molecule has 0 bridgehead atoms. The summed E-state index contributed by atoms with van der Waals surface area (Å²) in [4.78, 5) is 17.6. The molecule has 2 saturated heterocycles. The van der Waals surface area contributed by atoms with Gasteiger partial charge in [0, 0.05) is 50.9 Å². The van der Waals surface area contributed by atoms with Gasteiger partial charge in [0.2, 0.25) is 0 Å². The van der Waals surface area contributed by atoms with Crippen molar-refractivity contribution in [3.63, 3.8) is 0 Å². The SMILES string of the molecule is N#Cc1ccc(CN2CCC(NC(=O)c3cccc(OC4CCN(Cc5ccc(C(F)(F)F)cc5)CC4)c3)CC2)cc1. The number of amides is 1. The smallest absolute Gasteiger partial charge is 0.416 e. The molecule has 0 aliphatic carbocycles. The molecule has 0 unspecified atom stereocenters. The van der Waals surface area contributed by atoms with E-state index in [4.69, 9.17) is 10.00 Å². The van der Waals surface area contributed by atoms with Gasteiger partial charge in [-0.25, -0.2) is 0 Å². The van der Waals surface area contributed by atoms with Crippen LogP contribution in [0.15, 0.2) is 72.8 Å². The van der Waals surface area contributed by atoms with Gasteiger partial charge in [0.05, 0.1) is 17.2 Å². The van der Waals surface area contributed by atoms with E-state index in [1.807, 2.05) is 36.4 Å². The summed E-state index contributed by atoms with van der Waals surface area (Å²) in [6.45, 7) is 4.80. The Morgan fingerprint density at radius 3 is 2.00 bits per heavy atom. The molecule has 2 heterocycles. The van der Waals surface area contributed by atoms with E-state index in [0.717, 1.165) is 76.1 Å². The molecular weight excluding hydrogens is 541 g/mol. The normalized spacial score (nSPS) is 17.5. The topological polar surface area (TPSA) is 68.6 Å². The average Bonchev–Trinajstić information content (AvgIpc) is 2.99. The number of halogens is 3. The van der Waals surface area contributed by atoms with Gasteiger partial charge in [0.15, 0.2) is 0 Å². The summed E-state index contributed by atoms with van der Waals surface area (Å²) in [5.41, 5.74) is 2.65. The molecule has 0 spiro atoms. The van der Waals surface area contributed by atoms with Crippen molar-refractivity contribution in [2.45, 2.75) is 57.1 Å². The van der Waals surface area contributed by atoms with Gasteiger partial charge in [0.1, 0.15) is 11.9 Å². The van der Waals surface area contributed by atoms with E-state index < -0.39 is 11.7 Å². The third kappa shape index (κ3) is 8.11. The highest BCUT2D eigenvalue weighted by molar-refractivity contribution is 5.94. The number of benzene rings is 3. The second-order valence-corrected chi connectivity index (χ2v) is 11.1. The first-order chi connectivity index (χ1) is 20.2. The van der Waals surface area contributed by atoms with E-state index in [-0.39, 0.29) is 18.1 Å². The summed E-state index contributed by atoms with van der Waals surface area (Å²) in [6, 6.07) is 22.6. The molecule has 0 radical (unpaired) electrons. The molecule has 9 heteroatoms. The Kier molecular flexibility index (Phi) is 9.45.